The number of hydrogen-bond acceptors (Lipinski definition) is 4. The summed E-state index contributed by atoms with van der Waals surface area (Å²) < 4.78 is 5.06. The minimum Gasteiger partial charge on any atom is -0.462 e. The summed E-state index contributed by atoms with van der Waals surface area (Å²) in [5, 5.41) is 6.15. The van der Waals surface area contributed by atoms with Gasteiger partial charge in [0.1, 0.15) is 0 Å². The third kappa shape index (κ3) is 5.09. The van der Waals surface area contributed by atoms with Crippen LogP contribution in [0.2, 0.25) is 0 Å². The molecule has 0 atom stereocenters. The summed E-state index contributed by atoms with van der Waals surface area (Å²) in [7, 11) is 0. The van der Waals surface area contributed by atoms with Crippen LogP contribution < -0.4 is 10.6 Å². The van der Waals surface area contributed by atoms with Crippen molar-refractivity contribution in [3.63, 3.8) is 0 Å². The van der Waals surface area contributed by atoms with Crippen LogP contribution in [0.1, 0.15) is 41.8 Å². The van der Waals surface area contributed by atoms with Crippen LogP contribution in [0.3, 0.4) is 0 Å². The van der Waals surface area contributed by atoms with Gasteiger partial charge in [0.15, 0.2) is 0 Å². The second kappa shape index (κ2) is 9.61. The lowest BCUT2D eigenvalue weighted by Crippen LogP contribution is -2.18. The highest BCUT2D eigenvalue weighted by Crippen LogP contribution is 2.21. The van der Waals surface area contributed by atoms with Crippen molar-refractivity contribution in [3.8, 4) is 0 Å². The molecule has 1 amide bonds. The minimum absolute atomic E-state index is 0.0601. The second-order valence-corrected chi connectivity index (χ2v) is 5.95. The number of benzene rings is 2. The number of para-hydroxylation sites is 2. The lowest BCUT2D eigenvalue weighted by molar-refractivity contribution is -0.116. The van der Waals surface area contributed by atoms with E-state index in [9.17, 15) is 9.59 Å². The molecule has 0 unspecified atom stereocenters. The molecule has 5 nitrogen and oxygen atoms in total. The molecule has 0 saturated carbocycles. The number of hydrogen-bond donors (Lipinski definition) is 2. The predicted molar refractivity (Wildman–Crippen MR) is 105 cm³/mol. The molecule has 0 aromatic heterocycles. The Balaban J connectivity index is 1.95. The van der Waals surface area contributed by atoms with Gasteiger partial charge in [0.05, 0.1) is 12.2 Å². The number of nitrogens with one attached hydrogen (secondary N) is 2. The van der Waals surface area contributed by atoms with Gasteiger partial charge in [0.2, 0.25) is 5.91 Å². The lowest BCUT2D eigenvalue weighted by atomic mass is 10.1. The molecule has 2 rings (SSSR count). The van der Waals surface area contributed by atoms with Crippen LogP contribution in [0.4, 0.5) is 11.4 Å². The van der Waals surface area contributed by atoms with E-state index in [2.05, 4.69) is 17.6 Å². The van der Waals surface area contributed by atoms with Gasteiger partial charge in [-0.15, -0.1) is 0 Å². The molecule has 0 spiro atoms. The van der Waals surface area contributed by atoms with Crippen LogP contribution in [0, 0.1) is 6.92 Å². The zero-order valence-electron chi connectivity index (χ0n) is 15.6. The number of esters is 1. The van der Waals surface area contributed by atoms with Gasteiger partial charge in [-0.2, -0.15) is 0 Å². The number of anilines is 2. The SMILES string of the molecule is CCOC(=O)c1ccccc1NCCC(=O)Nc1c(C)cccc1CC. The maximum atomic E-state index is 12.3. The van der Waals surface area contributed by atoms with Gasteiger partial charge >= 0.3 is 5.97 Å². The monoisotopic (exact) mass is 354 g/mol. The smallest absolute Gasteiger partial charge is 0.340 e. The van der Waals surface area contributed by atoms with Crippen molar-refractivity contribution in [3.05, 3.63) is 59.2 Å². The van der Waals surface area contributed by atoms with Crippen LogP contribution in [0.5, 0.6) is 0 Å². The van der Waals surface area contributed by atoms with Crippen molar-refractivity contribution in [2.75, 3.05) is 23.8 Å². The molecule has 0 saturated heterocycles. The number of aryl methyl sites for hydroxylation is 2. The topological polar surface area (TPSA) is 67.4 Å². The molecule has 2 aromatic rings. The van der Waals surface area contributed by atoms with Gasteiger partial charge in [0.25, 0.3) is 0 Å². The second-order valence-electron chi connectivity index (χ2n) is 5.95. The Kier molecular flexibility index (Phi) is 7.21. The predicted octanol–water partition coefficient (Wildman–Crippen LogP) is 4.17. The van der Waals surface area contributed by atoms with E-state index in [1.807, 2.05) is 31.2 Å². The number of amides is 1. The van der Waals surface area contributed by atoms with Crippen molar-refractivity contribution in [1.82, 2.24) is 0 Å². The molecule has 138 valence electrons. The summed E-state index contributed by atoms with van der Waals surface area (Å²) >= 11 is 0. The number of carbonyl (C=O) groups excluding carboxylic acids is 2. The number of carbonyl (C=O) groups is 2. The van der Waals surface area contributed by atoms with Crippen molar-refractivity contribution in [1.29, 1.82) is 0 Å². The maximum Gasteiger partial charge on any atom is 0.340 e. The van der Waals surface area contributed by atoms with Crippen molar-refractivity contribution >= 4 is 23.3 Å². The Morgan fingerprint density at radius 1 is 1.04 bits per heavy atom. The number of ether oxygens (including phenoxy) is 1. The first kappa shape index (κ1) is 19.5. The average Bonchev–Trinajstić information content (AvgIpc) is 2.64. The van der Waals surface area contributed by atoms with E-state index >= 15 is 0 Å². The van der Waals surface area contributed by atoms with Gasteiger partial charge in [0, 0.05) is 24.3 Å². The van der Waals surface area contributed by atoms with Crippen molar-refractivity contribution in [2.45, 2.75) is 33.6 Å². The van der Waals surface area contributed by atoms with E-state index in [0.717, 1.165) is 23.2 Å². The minimum atomic E-state index is -0.368. The highest BCUT2D eigenvalue weighted by Gasteiger charge is 2.12. The van der Waals surface area contributed by atoms with Gasteiger partial charge in [-0.1, -0.05) is 37.3 Å². The third-order valence-electron chi connectivity index (χ3n) is 4.09. The third-order valence-corrected chi connectivity index (χ3v) is 4.09. The quantitative estimate of drug-likeness (QED) is 0.698. The molecule has 2 aromatic carbocycles. The average molecular weight is 354 g/mol. The zero-order chi connectivity index (χ0) is 18.9. The van der Waals surface area contributed by atoms with Gasteiger partial charge < -0.3 is 15.4 Å². The molecule has 0 aliphatic carbocycles. The summed E-state index contributed by atoms with van der Waals surface area (Å²) in [5.41, 5.74) is 4.22. The van der Waals surface area contributed by atoms with E-state index in [1.54, 1.807) is 25.1 Å². The molecule has 0 aliphatic heterocycles. The Labute approximate surface area is 154 Å². The molecule has 5 heteroatoms. The normalized spacial score (nSPS) is 10.3. The fourth-order valence-corrected chi connectivity index (χ4v) is 2.74. The molecular weight excluding hydrogens is 328 g/mol. The highest BCUT2D eigenvalue weighted by atomic mass is 16.5. The van der Waals surface area contributed by atoms with E-state index in [4.69, 9.17) is 4.74 Å². The molecule has 0 heterocycles. The molecule has 0 bridgehead atoms. The Morgan fingerprint density at radius 3 is 2.54 bits per heavy atom. The van der Waals surface area contributed by atoms with Gasteiger partial charge in [-0.05, 0) is 43.5 Å². The van der Waals surface area contributed by atoms with Crippen LogP contribution in [0.25, 0.3) is 0 Å². The molecule has 0 fully saturated rings. The first-order valence-corrected chi connectivity index (χ1v) is 8.95. The summed E-state index contributed by atoms with van der Waals surface area (Å²) in [5.74, 6) is -0.428. The molecular formula is C21H26N2O3. The van der Waals surface area contributed by atoms with E-state index in [1.165, 1.54) is 0 Å². The summed E-state index contributed by atoms with van der Waals surface area (Å²) in [6.45, 7) is 6.58. The van der Waals surface area contributed by atoms with E-state index < -0.39 is 0 Å². The fraction of sp³-hybridized carbons (Fsp3) is 0.333. The zero-order valence-corrected chi connectivity index (χ0v) is 15.6. The molecule has 26 heavy (non-hydrogen) atoms. The summed E-state index contributed by atoms with van der Waals surface area (Å²) in [6.07, 6.45) is 1.16. The molecule has 0 radical (unpaired) electrons. The first-order chi connectivity index (χ1) is 12.6. The largest absolute Gasteiger partial charge is 0.462 e. The van der Waals surface area contributed by atoms with Gasteiger partial charge in [-0.25, -0.2) is 4.79 Å². The van der Waals surface area contributed by atoms with Crippen molar-refractivity contribution < 1.29 is 14.3 Å². The van der Waals surface area contributed by atoms with Crippen LogP contribution >= 0.6 is 0 Å². The van der Waals surface area contributed by atoms with E-state index in [-0.39, 0.29) is 11.9 Å². The highest BCUT2D eigenvalue weighted by molar-refractivity contribution is 5.96. The summed E-state index contributed by atoms with van der Waals surface area (Å²) in [6, 6.07) is 13.2. The molecule has 0 aliphatic rings. The van der Waals surface area contributed by atoms with Crippen LogP contribution in [0.15, 0.2) is 42.5 Å². The van der Waals surface area contributed by atoms with Crippen LogP contribution in [-0.2, 0) is 16.0 Å². The van der Waals surface area contributed by atoms with E-state index in [0.29, 0.717) is 30.8 Å². The van der Waals surface area contributed by atoms with Gasteiger partial charge in [-0.3, -0.25) is 4.79 Å². The Hall–Kier alpha value is -2.82. The van der Waals surface area contributed by atoms with Crippen molar-refractivity contribution in [2.24, 2.45) is 0 Å². The van der Waals surface area contributed by atoms with Crippen LogP contribution in [-0.4, -0.2) is 25.0 Å². The summed E-state index contributed by atoms with van der Waals surface area (Å²) in [4.78, 5) is 24.3. The Morgan fingerprint density at radius 2 is 1.81 bits per heavy atom. The standard InChI is InChI=1S/C21H26N2O3/c1-4-16-10-8-9-15(3)20(16)23-19(24)13-14-22-18-12-7-6-11-17(18)21(25)26-5-2/h6-12,22H,4-5,13-14H2,1-3H3,(H,23,24). The lowest BCUT2D eigenvalue weighted by Gasteiger charge is -2.14. The maximum absolute atomic E-state index is 12.3. The number of rotatable bonds is 8. The first-order valence-electron chi connectivity index (χ1n) is 8.95. The fourth-order valence-electron chi connectivity index (χ4n) is 2.74. The Bertz CT molecular complexity index is 772. The molecule has 2 N–H and O–H groups in total.